The molecule has 244 valence electrons. The lowest BCUT2D eigenvalue weighted by atomic mass is 9.81. The summed E-state index contributed by atoms with van der Waals surface area (Å²) in [6, 6.07) is 5.22. The molecule has 3 aliphatic carbocycles. The molecule has 0 aromatic heterocycles. The predicted octanol–water partition coefficient (Wildman–Crippen LogP) is 4.39. The molecule has 5 atom stereocenters. The number of benzene rings is 1. The molecule has 1 aromatic carbocycles. The van der Waals surface area contributed by atoms with Gasteiger partial charge in [0, 0.05) is 13.0 Å². The number of hydrogen-bond acceptors (Lipinski definition) is 5. The van der Waals surface area contributed by atoms with Crippen molar-refractivity contribution in [3.05, 3.63) is 35.4 Å². The molecule has 4 N–H and O–H groups in total. The second kappa shape index (κ2) is 15.9. The van der Waals surface area contributed by atoms with Crippen LogP contribution in [-0.4, -0.2) is 72.0 Å². The van der Waals surface area contributed by atoms with Crippen LogP contribution >= 0.6 is 0 Å². The number of carbonyl (C=O) groups excluding carboxylic acids is 3. The lowest BCUT2D eigenvalue weighted by molar-refractivity contribution is -0.152. The summed E-state index contributed by atoms with van der Waals surface area (Å²) < 4.78 is 0. The fourth-order valence-corrected chi connectivity index (χ4v) is 7.90. The Morgan fingerprint density at radius 2 is 1.36 bits per heavy atom. The first kappa shape index (κ1) is 33.9. The molecule has 2 saturated carbocycles. The summed E-state index contributed by atoms with van der Waals surface area (Å²) in [5, 5.41) is 19.5. The minimum atomic E-state index is -1.04. The number of carboxylic acid groups (broad SMARTS) is 1. The third kappa shape index (κ3) is 8.20. The molecule has 0 saturated heterocycles. The van der Waals surface area contributed by atoms with E-state index < -0.39 is 30.1 Å². The Hall–Kier alpha value is -2.94. The number of nitrogens with zero attached hydrogens (tertiary/aromatic N) is 1. The van der Waals surface area contributed by atoms with E-state index in [9.17, 15) is 24.3 Å². The van der Waals surface area contributed by atoms with Crippen molar-refractivity contribution in [3.8, 4) is 0 Å². The van der Waals surface area contributed by atoms with Gasteiger partial charge in [-0.15, -0.1) is 0 Å². The molecule has 9 nitrogen and oxygen atoms in total. The van der Waals surface area contributed by atoms with Gasteiger partial charge >= 0.3 is 5.97 Å². The molecule has 0 radical (unpaired) electrons. The van der Waals surface area contributed by atoms with E-state index >= 15 is 0 Å². The Labute approximate surface area is 263 Å². The number of carbonyl (C=O) groups is 4. The van der Waals surface area contributed by atoms with Gasteiger partial charge in [0.1, 0.15) is 18.1 Å². The maximum atomic E-state index is 14.2. The standard InChI is InChI=1S/C35H54N4O5/c1-22(2)21-28(35(43)44)39(4)34(42)30(25-16-9-6-10-17-25)38-32(40)29(24-14-7-5-8-15-24)37-33(41)31(36-3)27-20-19-23-13-11-12-18-26(23)27/h11-13,18,22,24-25,27-31,36H,5-10,14-17,19-21H2,1-4H3,(H,37,41)(H,38,40)(H,43,44)/t27?,28-,29-,30-,31-/m1/s1. The second-order valence-corrected chi connectivity index (χ2v) is 13.8. The van der Waals surface area contributed by atoms with Gasteiger partial charge in [-0.2, -0.15) is 0 Å². The average molecular weight is 611 g/mol. The van der Waals surface area contributed by atoms with Crippen LogP contribution in [0.5, 0.6) is 0 Å². The fourth-order valence-electron chi connectivity index (χ4n) is 7.90. The molecule has 9 heteroatoms. The first-order valence-corrected chi connectivity index (χ1v) is 17.0. The molecule has 1 aromatic rings. The summed E-state index contributed by atoms with van der Waals surface area (Å²) in [5.41, 5.74) is 2.45. The van der Waals surface area contributed by atoms with Crippen LogP contribution in [0.15, 0.2) is 24.3 Å². The summed E-state index contributed by atoms with van der Waals surface area (Å²) in [6.07, 6.45) is 11.5. The van der Waals surface area contributed by atoms with Gasteiger partial charge in [0.15, 0.2) is 0 Å². The quantitative estimate of drug-likeness (QED) is 0.262. The summed E-state index contributed by atoms with van der Waals surface area (Å²) >= 11 is 0. The van der Waals surface area contributed by atoms with E-state index in [-0.39, 0.29) is 41.4 Å². The highest BCUT2D eigenvalue weighted by Crippen LogP contribution is 2.36. The minimum absolute atomic E-state index is 0.0189. The number of aliphatic carboxylic acids is 1. The monoisotopic (exact) mass is 610 g/mol. The molecule has 2 fully saturated rings. The zero-order valence-corrected chi connectivity index (χ0v) is 27.1. The van der Waals surface area contributed by atoms with Crippen molar-refractivity contribution in [1.29, 1.82) is 0 Å². The Morgan fingerprint density at radius 3 is 1.93 bits per heavy atom. The maximum absolute atomic E-state index is 14.2. The molecule has 0 bridgehead atoms. The van der Waals surface area contributed by atoms with E-state index in [1.165, 1.54) is 16.0 Å². The maximum Gasteiger partial charge on any atom is 0.326 e. The van der Waals surface area contributed by atoms with Gasteiger partial charge in [0.2, 0.25) is 17.7 Å². The smallest absolute Gasteiger partial charge is 0.326 e. The van der Waals surface area contributed by atoms with Crippen molar-refractivity contribution in [2.45, 2.75) is 127 Å². The predicted molar refractivity (Wildman–Crippen MR) is 171 cm³/mol. The molecule has 3 aliphatic rings. The van der Waals surface area contributed by atoms with E-state index in [1.54, 1.807) is 14.1 Å². The Morgan fingerprint density at radius 1 is 0.818 bits per heavy atom. The summed E-state index contributed by atoms with van der Waals surface area (Å²) in [7, 11) is 3.34. The lowest BCUT2D eigenvalue weighted by Crippen LogP contribution is -2.61. The highest BCUT2D eigenvalue weighted by atomic mass is 16.4. The van der Waals surface area contributed by atoms with Gasteiger partial charge < -0.3 is 26.0 Å². The normalized spacial score (nSPS) is 22.0. The van der Waals surface area contributed by atoms with Gasteiger partial charge in [0.05, 0.1) is 6.04 Å². The molecule has 4 rings (SSSR count). The number of hydrogen-bond donors (Lipinski definition) is 4. The number of amides is 3. The van der Waals surface area contributed by atoms with Crippen LogP contribution in [0, 0.1) is 17.8 Å². The zero-order valence-electron chi connectivity index (χ0n) is 27.1. The fraction of sp³-hybridized carbons (Fsp3) is 0.714. The van der Waals surface area contributed by atoms with Crippen LogP contribution in [0.2, 0.25) is 0 Å². The van der Waals surface area contributed by atoms with Crippen LogP contribution in [0.3, 0.4) is 0 Å². The number of fused-ring (bicyclic) bond motifs is 1. The molecule has 44 heavy (non-hydrogen) atoms. The van der Waals surface area contributed by atoms with Crippen LogP contribution in [0.25, 0.3) is 0 Å². The van der Waals surface area contributed by atoms with Crippen molar-refractivity contribution < 1.29 is 24.3 Å². The molecule has 1 unspecified atom stereocenters. The van der Waals surface area contributed by atoms with Crippen LogP contribution in [0.1, 0.15) is 108 Å². The third-order valence-electron chi connectivity index (χ3n) is 10.4. The van der Waals surface area contributed by atoms with Crippen molar-refractivity contribution in [2.24, 2.45) is 17.8 Å². The largest absolute Gasteiger partial charge is 0.480 e. The number of aryl methyl sites for hydroxylation is 1. The lowest BCUT2D eigenvalue weighted by Gasteiger charge is -2.37. The van der Waals surface area contributed by atoms with Gasteiger partial charge in [-0.05, 0) is 80.9 Å². The average Bonchev–Trinajstić information content (AvgIpc) is 3.45. The Kier molecular flexibility index (Phi) is 12.2. The van der Waals surface area contributed by atoms with Crippen molar-refractivity contribution in [1.82, 2.24) is 20.9 Å². The number of likely N-dealkylation sites (N-methyl/N-ethyl adjacent to an activating group) is 2. The zero-order chi connectivity index (χ0) is 31.8. The number of rotatable bonds is 13. The first-order chi connectivity index (χ1) is 21.1. The van der Waals surface area contributed by atoms with Crippen LogP contribution < -0.4 is 16.0 Å². The summed E-state index contributed by atoms with van der Waals surface area (Å²) in [6.45, 7) is 3.88. The van der Waals surface area contributed by atoms with Gasteiger partial charge in [-0.1, -0.05) is 76.6 Å². The minimum Gasteiger partial charge on any atom is -0.480 e. The molecular weight excluding hydrogens is 556 g/mol. The van der Waals surface area contributed by atoms with E-state index in [0.717, 1.165) is 77.0 Å². The van der Waals surface area contributed by atoms with Crippen molar-refractivity contribution >= 4 is 23.7 Å². The number of carboxylic acids is 1. The first-order valence-electron chi connectivity index (χ1n) is 17.0. The van der Waals surface area contributed by atoms with Crippen molar-refractivity contribution in [3.63, 3.8) is 0 Å². The summed E-state index contributed by atoms with van der Waals surface area (Å²) in [5.74, 6) is -1.91. The van der Waals surface area contributed by atoms with Crippen LogP contribution in [0.4, 0.5) is 0 Å². The molecule has 3 amide bonds. The van der Waals surface area contributed by atoms with E-state index in [4.69, 9.17) is 0 Å². The molecule has 0 spiro atoms. The Bertz CT molecular complexity index is 1140. The molecule has 0 heterocycles. The van der Waals surface area contributed by atoms with Crippen LogP contribution in [-0.2, 0) is 25.6 Å². The second-order valence-electron chi connectivity index (χ2n) is 13.8. The highest BCUT2D eigenvalue weighted by Gasteiger charge is 2.41. The molecular formula is C35H54N4O5. The third-order valence-corrected chi connectivity index (χ3v) is 10.4. The van der Waals surface area contributed by atoms with E-state index in [1.807, 2.05) is 26.0 Å². The van der Waals surface area contributed by atoms with E-state index in [2.05, 4.69) is 28.1 Å². The molecule has 0 aliphatic heterocycles. The SMILES string of the molecule is CN[C@@H](C(=O)N[C@@H](C(=O)N[C@@H](C(=O)N(C)[C@H](CC(C)C)C(=O)O)C1CCCCC1)C1CCCCC1)C1CCc2ccccc21. The van der Waals surface area contributed by atoms with Crippen molar-refractivity contribution in [2.75, 3.05) is 14.1 Å². The Balaban J connectivity index is 1.57. The van der Waals surface area contributed by atoms with Gasteiger partial charge in [-0.3, -0.25) is 14.4 Å². The number of nitrogens with one attached hydrogen (secondary N) is 3. The van der Waals surface area contributed by atoms with Gasteiger partial charge in [-0.25, -0.2) is 4.79 Å². The highest BCUT2D eigenvalue weighted by molar-refractivity contribution is 5.94. The van der Waals surface area contributed by atoms with Gasteiger partial charge in [0.25, 0.3) is 0 Å². The summed E-state index contributed by atoms with van der Waals surface area (Å²) in [4.78, 5) is 55.7. The van der Waals surface area contributed by atoms with E-state index in [0.29, 0.717) is 6.42 Å². The topological polar surface area (TPSA) is 128 Å².